The standard InChI is InChI=1S/2C14H27BO3/c1-9-11(18-14(5,6)7)10(17-12(9)15)8-16-13(2,3)4;1-9-10(8-16-13(2,3)4)17-12(15)11(9)18-14(5,6)7/h2*9-12H,8H2,1-7H3/t9-,10-,11+,12-;9-,10+,11+,12+/m10/s1. The fourth-order valence-corrected chi connectivity index (χ4v) is 4.01. The smallest absolute Gasteiger partial charge is 0.112 e. The molecule has 4 radical (unpaired) electrons. The van der Waals surface area contributed by atoms with Crippen molar-refractivity contribution in [3.63, 3.8) is 0 Å². The molecule has 2 saturated heterocycles. The van der Waals surface area contributed by atoms with Gasteiger partial charge in [-0.2, -0.15) is 0 Å². The van der Waals surface area contributed by atoms with Gasteiger partial charge >= 0.3 is 0 Å². The Morgan fingerprint density at radius 3 is 1.33 bits per heavy atom. The lowest BCUT2D eigenvalue weighted by molar-refractivity contribution is -0.129. The van der Waals surface area contributed by atoms with E-state index in [0.29, 0.717) is 13.2 Å². The number of hydrogen-bond donors (Lipinski definition) is 0. The maximum atomic E-state index is 6.07. The van der Waals surface area contributed by atoms with E-state index in [-0.39, 0.29) is 70.7 Å². The molecule has 0 amide bonds. The topological polar surface area (TPSA) is 55.4 Å². The van der Waals surface area contributed by atoms with Crippen LogP contribution in [-0.2, 0) is 28.4 Å². The molecule has 2 rings (SSSR count). The summed E-state index contributed by atoms with van der Waals surface area (Å²) < 4.78 is 35.1. The van der Waals surface area contributed by atoms with E-state index in [1.165, 1.54) is 0 Å². The Bertz CT molecular complexity index is 646. The van der Waals surface area contributed by atoms with Crippen LogP contribution in [-0.4, -0.2) is 87.7 Å². The Morgan fingerprint density at radius 1 is 0.528 bits per heavy atom. The van der Waals surface area contributed by atoms with Crippen LogP contribution >= 0.6 is 0 Å². The van der Waals surface area contributed by atoms with E-state index in [4.69, 9.17) is 44.1 Å². The molecule has 6 nitrogen and oxygen atoms in total. The van der Waals surface area contributed by atoms with Gasteiger partial charge in [-0.3, -0.25) is 0 Å². The van der Waals surface area contributed by atoms with Crippen molar-refractivity contribution in [2.24, 2.45) is 11.8 Å². The van der Waals surface area contributed by atoms with Crippen LogP contribution in [0.4, 0.5) is 0 Å². The SMILES string of the molecule is [B][C@@H]1O[C@H](COC(C)(C)C)[C@@H](OC(C)(C)C)[C@H]1C.[B][C@@H]1O[C@H](COC(C)(C)C)[C@H](C)[C@H]1OC(C)(C)C. The quantitative estimate of drug-likeness (QED) is 0.470. The molecule has 0 unspecified atom stereocenters. The van der Waals surface area contributed by atoms with Crippen LogP contribution in [0.3, 0.4) is 0 Å². The third kappa shape index (κ3) is 12.6. The van der Waals surface area contributed by atoms with Gasteiger partial charge in [-0.15, -0.1) is 0 Å². The van der Waals surface area contributed by atoms with Crippen molar-refractivity contribution in [3.8, 4) is 0 Å². The molecular formula is C28H54B2O6. The van der Waals surface area contributed by atoms with Gasteiger partial charge < -0.3 is 28.4 Å². The minimum Gasteiger partial charge on any atom is -0.379 e. The molecule has 0 bridgehead atoms. The molecule has 2 aliphatic heterocycles. The molecular weight excluding hydrogens is 454 g/mol. The van der Waals surface area contributed by atoms with Crippen LogP contribution in [0.1, 0.15) is 96.9 Å². The fourth-order valence-electron chi connectivity index (χ4n) is 4.01. The van der Waals surface area contributed by atoms with Gasteiger partial charge in [-0.1, -0.05) is 13.8 Å². The highest BCUT2D eigenvalue weighted by Gasteiger charge is 2.43. The van der Waals surface area contributed by atoms with Crippen molar-refractivity contribution in [2.45, 2.75) is 156 Å². The average Bonchev–Trinajstić information content (AvgIpc) is 3.06. The predicted molar refractivity (Wildman–Crippen MR) is 148 cm³/mol. The number of rotatable bonds is 6. The average molecular weight is 508 g/mol. The Labute approximate surface area is 225 Å². The van der Waals surface area contributed by atoms with Gasteiger partial charge in [-0.05, 0) is 83.1 Å². The van der Waals surface area contributed by atoms with Gasteiger partial charge in [-0.25, -0.2) is 0 Å². The third-order valence-electron chi connectivity index (χ3n) is 5.84. The molecule has 2 heterocycles. The number of ether oxygens (including phenoxy) is 6. The predicted octanol–water partition coefficient (Wildman–Crippen LogP) is 5.03. The normalized spacial score (nSPS) is 33.9. The van der Waals surface area contributed by atoms with E-state index < -0.39 is 0 Å². The first-order valence-corrected chi connectivity index (χ1v) is 13.4. The van der Waals surface area contributed by atoms with Crippen molar-refractivity contribution in [1.82, 2.24) is 0 Å². The van der Waals surface area contributed by atoms with E-state index in [9.17, 15) is 0 Å². The van der Waals surface area contributed by atoms with Gasteiger partial charge in [0.25, 0.3) is 0 Å². The zero-order valence-corrected chi connectivity index (χ0v) is 25.6. The van der Waals surface area contributed by atoms with Gasteiger partial charge in [0.2, 0.25) is 0 Å². The second kappa shape index (κ2) is 12.8. The fraction of sp³-hybridized carbons (Fsp3) is 1.00. The lowest BCUT2D eigenvalue weighted by Gasteiger charge is -2.31. The van der Waals surface area contributed by atoms with Gasteiger partial charge in [0.05, 0.1) is 53.9 Å². The summed E-state index contributed by atoms with van der Waals surface area (Å²) in [6.45, 7) is 29.7. The first kappa shape index (κ1) is 33.9. The third-order valence-corrected chi connectivity index (χ3v) is 5.84. The van der Waals surface area contributed by atoms with Crippen molar-refractivity contribution < 1.29 is 28.4 Å². The molecule has 36 heavy (non-hydrogen) atoms. The highest BCUT2D eigenvalue weighted by molar-refractivity contribution is 6.11. The molecule has 0 aliphatic carbocycles. The summed E-state index contributed by atoms with van der Waals surface area (Å²) in [5.74, 6) is 0.416. The maximum Gasteiger partial charge on any atom is 0.112 e. The van der Waals surface area contributed by atoms with Crippen molar-refractivity contribution >= 4 is 15.7 Å². The lowest BCUT2D eigenvalue weighted by atomic mass is 9.86. The van der Waals surface area contributed by atoms with Crippen LogP contribution in [0.15, 0.2) is 0 Å². The zero-order chi connectivity index (χ0) is 28.3. The summed E-state index contributed by atoms with van der Waals surface area (Å²) in [4.78, 5) is 0. The maximum absolute atomic E-state index is 6.07. The Morgan fingerprint density at radius 2 is 0.917 bits per heavy atom. The highest BCUT2D eigenvalue weighted by atomic mass is 16.6. The molecule has 0 saturated carbocycles. The minimum absolute atomic E-state index is 0.00609. The van der Waals surface area contributed by atoms with Crippen molar-refractivity contribution in [1.29, 1.82) is 0 Å². The summed E-state index contributed by atoms with van der Waals surface area (Å²) in [6.07, 6.45) is -0.166. The monoisotopic (exact) mass is 508 g/mol. The summed E-state index contributed by atoms with van der Waals surface area (Å²) in [6, 6.07) is -0.640. The highest BCUT2D eigenvalue weighted by Crippen LogP contribution is 2.33. The second-order valence-corrected chi connectivity index (χ2v) is 14.2. The van der Waals surface area contributed by atoms with Crippen LogP contribution in [0.5, 0.6) is 0 Å². The molecule has 8 atom stereocenters. The Hall–Kier alpha value is -0.110. The van der Waals surface area contributed by atoms with E-state index in [1.807, 2.05) is 83.1 Å². The largest absolute Gasteiger partial charge is 0.379 e. The van der Waals surface area contributed by atoms with Crippen LogP contribution in [0, 0.1) is 11.8 Å². The van der Waals surface area contributed by atoms with Crippen molar-refractivity contribution in [3.05, 3.63) is 0 Å². The molecule has 0 spiro atoms. The Kier molecular flexibility index (Phi) is 12.1. The molecule has 0 N–H and O–H groups in total. The van der Waals surface area contributed by atoms with Gasteiger partial charge in [0.1, 0.15) is 21.8 Å². The van der Waals surface area contributed by atoms with E-state index >= 15 is 0 Å². The van der Waals surface area contributed by atoms with Crippen LogP contribution in [0.25, 0.3) is 0 Å². The van der Waals surface area contributed by atoms with E-state index in [2.05, 4.69) is 13.8 Å². The lowest BCUT2D eigenvalue weighted by Crippen LogP contribution is -2.40. The molecule has 2 aliphatic rings. The second-order valence-electron chi connectivity index (χ2n) is 14.2. The summed E-state index contributed by atoms with van der Waals surface area (Å²) in [5, 5.41) is 0. The molecule has 208 valence electrons. The van der Waals surface area contributed by atoms with Gasteiger partial charge in [0, 0.05) is 23.8 Å². The molecule has 0 aromatic heterocycles. The number of hydrogen-bond acceptors (Lipinski definition) is 6. The minimum atomic E-state index is -0.368. The first-order valence-electron chi connectivity index (χ1n) is 13.4. The van der Waals surface area contributed by atoms with Crippen LogP contribution in [0.2, 0.25) is 0 Å². The first-order chi connectivity index (χ1) is 16.0. The summed E-state index contributed by atoms with van der Waals surface area (Å²) in [5.41, 5.74) is -0.742. The summed E-state index contributed by atoms with van der Waals surface area (Å²) in [7, 11) is 12.0. The molecule has 0 aromatic carbocycles. The Balaban J connectivity index is 0.000000360. The van der Waals surface area contributed by atoms with Gasteiger partial charge in [0.15, 0.2) is 0 Å². The van der Waals surface area contributed by atoms with Crippen LogP contribution < -0.4 is 0 Å². The van der Waals surface area contributed by atoms with E-state index in [0.717, 1.165) is 0 Å². The summed E-state index contributed by atoms with van der Waals surface area (Å²) >= 11 is 0. The van der Waals surface area contributed by atoms with E-state index in [1.54, 1.807) is 0 Å². The molecule has 0 aromatic rings. The van der Waals surface area contributed by atoms with Crippen molar-refractivity contribution in [2.75, 3.05) is 13.2 Å². The molecule has 8 heteroatoms. The zero-order valence-electron chi connectivity index (χ0n) is 25.6. The molecule has 2 fully saturated rings.